The molecule has 0 rings (SSSR count). The van der Waals surface area contributed by atoms with Gasteiger partial charge in [0.1, 0.15) is 0 Å². The van der Waals surface area contributed by atoms with Crippen LogP contribution in [0.15, 0.2) is 0 Å². The second-order valence-corrected chi connectivity index (χ2v) is 3.96. The molecule has 0 aliphatic heterocycles. The van der Waals surface area contributed by atoms with Crippen molar-refractivity contribution in [1.82, 2.24) is 10.2 Å². The van der Waals surface area contributed by atoms with Crippen molar-refractivity contribution in [2.75, 3.05) is 26.7 Å². The normalized spacial score (nSPS) is 14.4. The summed E-state index contributed by atoms with van der Waals surface area (Å²) in [5.74, 6) is 0. The summed E-state index contributed by atoms with van der Waals surface area (Å²) in [6.07, 6.45) is -3.80. The van der Waals surface area contributed by atoms with Crippen LogP contribution in [0, 0.1) is 0 Å². The van der Waals surface area contributed by atoms with Gasteiger partial charge in [-0.25, -0.2) is 0 Å². The average molecular weight is 240 g/mol. The predicted molar refractivity (Wildman–Crippen MR) is 60.5 cm³/mol. The molecule has 1 unspecified atom stereocenters. The number of hydrogen-bond donors (Lipinski definition) is 1. The molecule has 0 saturated heterocycles. The first kappa shape index (κ1) is 15.7. The largest absolute Gasteiger partial charge is 0.389 e. The standard InChI is InChI=1S/C11H23F3N2/c1-4-16(5-2)9-7-10(15-3)6-8-11(12,13)14/h10,15H,4-9H2,1-3H3. The Labute approximate surface area is 96.2 Å². The maximum atomic E-state index is 12.0. The summed E-state index contributed by atoms with van der Waals surface area (Å²) >= 11 is 0. The van der Waals surface area contributed by atoms with Gasteiger partial charge in [0.2, 0.25) is 0 Å². The number of hydrogen-bond acceptors (Lipinski definition) is 2. The van der Waals surface area contributed by atoms with Gasteiger partial charge in [0.05, 0.1) is 0 Å². The molecule has 0 amide bonds. The lowest BCUT2D eigenvalue weighted by atomic mass is 10.1. The molecule has 98 valence electrons. The summed E-state index contributed by atoms with van der Waals surface area (Å²) in [5, 5.41) is 2.95. The van der Waals surface area contributed by atoms with Crippen molar-refractivity contribution in [3.63, 3.8) is 0 Å². The molecule has 0 radical (unpaired) electrons. The molecule has 0 aromatic heterocycles. The third-order valence-electron chi connectivity index (χ3n) is 2.87. The summed E-state index contributed by atoms with van der Waals surface area (Å²) in [6, 6.07) is -0.0396. The molecule has 2 nitrogen and oxygen atoms in total. The summed E-state index contributed by atoms with van der Waals surface area (Å²) in [5.41, 5.74) is 0. The van der Waals surface area contributed by atoms with Crippen molar-refractivity contribution >= 4 is 0 Å². The molecule has 0 bridgehead atoms. The summed E-state index contributed by atoms with van der Waals surface area (Å²) < 4.78 is 36.1. The van der Waals surface area contributed by atoms with E-state index in [0.29, 0.717) is 0 Å². The molecule has 0 spiro atoms. The number of nitrogens with zero attached hydrogens (tertiary/aromatic N) is 1. The van der Waals surface area contributed by atoms with Crippen LogP contribution in [0.4, 0.5) is 13.2 Å². The van der Waals surface area contributed by atoms with E-state index in [9.17, 15) is 13.2 Å². The Kier molecular flexibility index (Phi) is 7.76. The predicted octanol–water partition coefficient (Wildman–Crippen LogP) is 2.65. The van der Waals surface area contributed by atoms with Crippen LogP contribution in [0.1, 0.15) is 33.1 Å². The Morgan fingerprint density at radius 1 is 1.12 bits per heavy atom. The minimum Gasteiger partial charge on any atom is -0.317 e. The highest BCUT2D eigenvalue weighted by molar-refractivity contribution is 4.69. The van der Waals surface area contributed by atoms with E-state index in [0.717, 1.165) is 26.1 Å². The molecule has 0 aliphatic carbocycles. The molecule has 0 heterocycles. The Bertz CT molecular complexity index is 167. The lowest BCUT2D eigenvalue weighted by molar-refractivity contribution is -0.136. The van der Waals surface area contributed by atoms with Gasteiger partial charge in [-0.15, -0.1) is 0 Å². The first-order valence-electron chi connectivity index (χ1n) is 5.89. The van der Waals surface area contributed by atoms with E-state index in [2.05, 4.69) is 24.1 Å². The van der Waals surface area contributed by atoms with E-state index in [-0.39, 0.29) is 12.5 Å². The van der Waals surface area contributed by atoms with Crippen molar-refractivity contribution in [2.45, 2.75) is 45.3 Å². The molecule has 0 saturated carbocycles. The van der Waals surface area contributed by atoms with Crippen LogP contribution in [0.5, 0.6) is 0 Å². The van der Waals surface area contributed by atoms with Gasteiger partial charge in [0.15, 0.2) is 0 Å². The van der Waals surface area contributed by atoms with Crippen molar-refractivity contribution in [1.29, 1.82) is 0 Å². The van der Waals surface area contributed by atoms with Crippen molar-refractivity contribution < 1.29 is 13.2 Å². The fraction of sp³-hybridized carbons (Fsp3) is 1.00. The van der Waals surface area contributed by atoms with Gasteiger partial charge >= 0.3 is 6.18 Å². The number of halogens is 3. The lowest BCUT2D eigenvalue weighted by Crippen LogP contribution is -2.33. The van der Waals surface area contributed by atoms with Crippen LogP contribution >= 0.6 is 0 Å². The Hall–Kier alpha value is -0.290. The summed E-state index contributed by atoms with van der Waals surface area (Å²) in [6.45, 7) is 6.88. The fourth-order valence-corrected chi connectivity index (χ4v) is 1.65. The van der Waals surface area contributed by atoms with Gasteiger partial charge in [-0.2, -0.15) is 13.2 Å². The molecule has 16 heavy (non-hydrogen) atoms. The van der Waals surface area contributed by atoms with E-state index >= 15 is 0 Å². The van der Waals surface area contributed by atoms with E-state index in [1.54, 1.807) is 7.05 Å². The molecular formula is C11H23F3N2. The SMILES string of the molecule is CCN(CC)CCC(CCC(F)(F)F)NC. The second-order valence-electron chi connectivity index (χ2n) is 3.96. The third kappa shape index (κ3) is 7.93. The van der Waals surface area contributed by atoms with E-state index < -0.39 is 12.6 Å². The molecular weight excluding hydrogens is 217 g/mol. The molecule has 1 atom stereocenters. The first-order valence-corrected chi connectivity index (χ1v) is 5.89. The summed E-state index contributed by atoms with van der Waals surface area (Å²) in [7, 11) is 1.73. The van der Waals surface area contributed by atoms with Crippen LogP contribution < -0.4 is 5.32 Å². The molecule has 0 aromatic carbocycles. The molecule has 0 fully saturated rings. The monoisotopic (exact) mass is 240 g/mol. The minimum atomic E-state index is -4.04. The quantitative estimate of drug-likeness (QED) is 0.701. The summed E-state index contributed by atoms with van der Waals surface area (Å²) in [4.78, 5) is 2.22. The van der Waals surface area contributed by atoms with E-state index in [1.165, 1.54) is 0 Å². The Morgan fingerprint density at radius 2 is 1.69 bits per heavy atom. The topological polar surface area (TPSA) is 15.3 Å². The van der Waals surface area contributed by atoms with Crippen LogP contribution in [0.2, 0.25) is 0 Å². The zero-order valence-electron chi connectivity index (χ0n) is 10.4. The molecule has 5 heteroatoms. The van der Waals surface area contributed by atoms with Crippen molar-refractivity contribution in [2.24, 2.45) is 0 Å². The second kappa shape index (κ2) is 7.90. The van der Waals surface area contributed by atoms with Crippen molar-refractivity contribution in [3.8, 4) is 0 Å². The van der Waals surface area contributed by atoms with Gasteiger partial charge in [-0.3, -0.25) is 0 Å². The maximum Gasteiger partial charge on any atom is 0.389 e. The molecule has 0 aliphatic rings. The average Bonchev–Trinajstić information content (AvgIpc) is 2.22. The smallest absolute Gasteiger partial charge is 0.317 e. The minimum absolute atomic E-state index is 0.0396. The van der Waals surface area contributed by atoms with Gasteiger partial charge in [-0.1, -0.05) is 13.8 Å². The zero-order valence-corrected chi connectivity index (χ0v) is 10.4. The third-order valence-corrected chi connectivity index (χ3v) is 2.87. The Balaban J connectivity index is 3.83. The van der Waals surface area contributed by atoms with Crippen LogP contribution in [-0.2, 0) is 0 Å². The number of alkyl halides is 3. The highest BCUT2D eigenvalue weighted by Crippen LogP contribution is 2.22. The van der Waals surface area contributed by atoms with E-state index in [1.807, 2.05) is 0 Å². The highest BCUT2D eigenvalue weighted by atomic mass is 19.4. The van der Waals surface area contributed by atoms with Crippen molar-refractivity contribution in [3.05, 3.63) is 0 Å². The number of rotatable bonds is 8. The van der Waals surface area contributed by atoms with Gasteiger partial charge < -0.3 is 10.2 Å². The zero-order chi connectivity index (χ0) is 12.6. The van der Waals surface area contributed by atoms with Gasteiger partial charge in [0, 0.05) is 12.5 Å². The fourth-order valence-electron chi connectivity index (χ4n) is 1.65. The first-order chi connectivity index (χ1) is 7.42. The highest BCUT2D eigenvalue weighted by Gasteiger charge is 2.27. The molecule has 1 N–H and O–H groups in total. The maximum absolute atomic E-state index is 12.0. The van der Waals surface area contributed by atoms with E-state index in [4.69, 9.17) is 0 Å². The lowest BCUT2D eigenvalue weighted by Gasteiger charge is -2.22. The number of nitrogens with one attached hydrogen (secondary N) is 1. The van der Waals surface area contributed by atoms with Crippen LogP contribution in [0.25, 0.3) is 0 Å². The van der Waals surface area contributed by atoms with Crippen LogP contribution in [-0.4, -0.2) is 43.8 Å². The van der Waals surface area contributed by atoms with Gasteiger partial charge in [0.25, 0.3) is 0 Å². The van der Waals surface area contributed by atoms with Gasteiger partial charge in [-0.05, 0) is 39.5 Å². The molecule has 0 aromatic rings. The van der Waals surface area contributed by atoms with Crippen LogP contribution in [0.3, 0.4) is 0 Å². The Morgan fingerprint density at radius 3 is 2.06 bits per heavy atom.